The van der Waals surface area contributed by atoms with Gasteiger partial charge in [-0.25, -0.2) is 5.48 Å². The lowest BCUT2D eigenvalue weighted by molar-refractivity contribution is -0.131. The number of ether oxygens (including phenoxy) is 1. The van der Waals surface area contributed by atoms with Gasteiger partial charge in [0.1, 0.15) is 6.04 Å². The van der Waals surface area contributed by atoms with E-state index in [0.29, 0.717) is 5.56 Å². The number of nitrogens with one attached hydrogen (secondary N) is 3. The SMILES string of the molecule is CN(C)CC(=O)NC[C@H](NC(=O)c1ccc(C#CC=Cc2ccc(CN3CCOCC3)cc2)cc1)C(=O)NO. The van der Waals surface area contributed by atoms with Crippen molar-refractivity contribution in [1.82, 2.24) is 25.9 Å². The predicted octanol–water partition coefficient (Wildman–Crippen LogP) is 0.865. The molecule has 3 amide bonds. The molecule has 0 unspecified atom stereocenters. The predicted molar refractivity (Wildman–Crippen MR) is 148 cm³/mol. The molecule has 2 aromatic carbocycles. The summed E-state index contributed by atoms with van der Waals surface area (Å²) in [5.74, 6) is 4.34. The highest BCUT2D eigenvalue weighted by Gasteiger charge is 2.22. The van der Waals surface area contributed by atoms with Gasteiger partial charge in [0.15, 0.2) is 0 Å². The summed E-state index contributed by atoms with van der Waals surface area (Å²) in [6.45, 7) is 4.37. The maximum atomic E-state index is 12.6. The molecular weight excluding hydrogens is 498 g/mol. The van der Waals surface area contributed by atoms with Crippen LogP contribution in [0, 0.1) is 11.8 Å². The highest BCUT2D eigenvalue weighted by Crippen LogP contribution is 2.10. The largest absolute Gasteiger partial charge is 0.379 e. The van der Waals surface area contributed by atoms with Gasteiger partial charge in [-0.05, 0) is 61.6 Å². The Hall–Kier alpha value is -4.01. The van der Waals surface area contributed by atoms with Crippen molar-refractivity contribution in [2.75, 3.05) is 53.5 Å². The minimum atomic E-state index is -1.15. The Bertz CT molecular complexity index is 1190. The number of hydroxylamine groups is 1. The quantitative estimate of drug-likeness (QED) is 0.203. The van der Waals surface area contributed by atoms with E-state index in [1.165, 1.54) is 11.0 Å². The van der Waals surface area contributed by atoms with Crippen LogP contribution < -0.4 is 16.1 Å². The molecule has 4 N–H and O–H groups in total. The van der Waals surface area contributed by atoms with Crippen molar-refractivity contribution in [2.24, 2.45) is 0 Å². The van der Waals surface area contributed by atoms with Crippen LogP contribution in [-0.2, 0) is 20.9 Å². The van der Waals surface area contributed by atoms with Gasteiger partial charge < -0.3 is 20.3 Å². The highest BCUT2D eigenvalue weighted by atomic mass is 16.5. The number of carbonyl (C=O) groups excluding carboxylic acids is 3. The summed E-state index contributed by atoms with van der Waals surface area (Å²) in [6, 6.07) is 13.8. The molecular formula is C29H35N5O5. The molecule has 10 nitrogen and oxygen atoms in total. The molecule has 0 saturated carbocycles. The van der Waals surface area contributed by atoms with E-state index in [9.17, 15) is 14.4 Å². The molecule has 1 heterocycles. The van der Waals surface area contributed by atoms with Crippen molar-refractivity contribution >= 4 is 23.8 Å². The number of hydrogen-bond donors (Lipinski definition) is 4. The summed E-state index contributed by atoms with van der Waals surface area (Å²) in [6.07, 6.45) is 3.72. The second-order valence-corrected chi connectivity index (χ2v) is 9.35. The van der Waals surface area contributed by atoms with Crippen molar-refractivity contribution in [3.8, 4) is 11.8 Å². The van der Waals surface area contributed by atoms with E-state index in [1.807, 2.05) is 6.08 Å². The zero-order chi connectivity index (χ0) is 28.0. The zero-order valence-electron chi connectivity index (χ0n) is 22.3. The lowest BCUT2D eigenvalue weighted by Crippen LogP contribution is -2.52. The van der Waals surface area contributed by atoms with Crippen LogP contribution in [0.15, 0.2) is 54.6 Å². The lowest BCUT2D eigenvalue weighted by atomic mass is 10.1. The Morgan fingerprint density at radius 3 is 2.41 bits per heavy atom. The number of nitrogens with zero attached hydrogens (tertiary/aromatic N) is 2. The number of rotatable bonds is 10. The van der Waals surface area contributed by atoms with E-state index >= 15 is 0 Å². The molecule has 0 radical (unpaired) electrons. The molecule has 0 aliphatic carbocycles. The van der Waals surface area contributed by atoms with Crippen LogP contribution in [0.5, 0.6) is 0 Å². The second-order valence-electron chi connectivity index (χ2n) is 9.35. The third kappa shape index (κ3) is 10.3. The van der Waals surface area contributed by atoms with Crippen molar-refractivity contribution in [3.05, 3.63) is 76.9 Å². The van der Waals surface area contributed by atoms with Crippen molar-refractivity contribution in [2.45, 2.75) is 12.6 Å². The van der Waals surface area contributed by atoms with Crippen LogP contribution >= 0.6 is 0 Å². The zero-order valence-corrected chi connectivity index (χ0v) is 22.3. The van der Waals surface area contributed by atoms with Crippen LogP contribution in [0.3, 0.4) is 0 Å². The van der Waals surface area contributed by atoms with Crippen LogP contribution in [0.25, 0.3) is 6.08 Å². The van der Waals surface area contributed by atoms with Gasteiger partial charge in [-0.2, -0.15) is 0 Å². The van der Waals surface area contributed by atoms with E-state index in [4.69, 9.17) is 9.94 Å². The Morgan fingerprint density at radius 1 is 1.08 bits per heavy atom. The summed E-state index contributed by atoms with van der Waals surface area (Å²) in [7, 11) is 3.46. The average molecular weight is 534 g/mol. The summed E-state index contributed by atoms with van der Waals surface area (Å²) in [4.78, 5) is 40.5. The van der Waals surface area contributed by atoms with Crippen LogP contribution in [0.2, 0.25) is 0 Å². The molecule has 2 aromatic rings. The highest BCUT2D eigenvalue weighted by molar-refractivity contribution is 5.97. The van der Waals surface area contributed by atoms with Gasteiger partial charge in [-0.3, -0.25) is 24.5 Å². The van der Waals surface area contributed by atoms with Crippen molar-refractivity contribution in [1.29, 1.82) is 0 Å². The molecule has 0 aromatic heterocycles. The minimum Gasteiger partial charge on any atom is -0.379 e. The van der Waals surface area contributed by atoms with E-state index < -0.39 is 17.9 Å². The molecule has 10 heteroatoms. The van der Waals surface area contributed by atoms with Gasteiger partial charge >= 0.3 is 0 Å². The monoisotopic (exact) mass is 533 g/mol. The van der Waals surface area contributed by atoms with Crippen LogP contribution in [-0.4, -0.2) is 92.3 Å². The normalized spacial score (nSPS) is 14.4. The molecule has 1 atom stereocenters. The molecule has 0 bridgehead atoms. The number of hydrogen-bond acceptors (Lipinski definition) is 7. The van der Waals surface area contributed by atoms with E-state index in [0.717, 1.165) is 44.0 Å². The lowest BCUT2D eigenvalue weighted by Gasteiger charge is -2.26. The van der Waals surface area contributed by atoms with Gasteiger partial charge in [0.05, 0.1) is 19.8 Å². The van der Waals surface area contributed by atoms with Crippen LogP contribution in [0.1, 0.15) is 27.0 Å². The minimum absolute atomic E-state index is 0.126. The Labute approximate surface area is 229 Å². The summed E-state index contributed by atoms with van der Waals surface area (Å²) in [5, 5.41) is 14.1. The number of benzene rings is 2. The Kier molecular flexibility index (Phi) is 11.7. The molecule has 3 rings (SSSR count). The average Bonchev–Trinajstić information content (AvgIpc) is 2.94. The van der Waals surface area contributed by atoms with Gasteiger partial charge in [0, 0.05) is 37.3 Å². The summed E-state index contributed by atoms with van der Waals surface area (Å²) < 4.78 is 5.39. The topological polar surface area (TPSA) is 123 Å². The third-order valence-electron chi connectivity index (χ3n) is 5.91. The number of allylic oxidation sites excluding steroid dienone is 1. The first-order chi connectivity index (χ1) is 18.8. The fourth-order valence-corrected chi connectivity index (χ4v) is 3.81. The maximum Gasteiger partial charge on any atom is 0.267 e. The molecule has 1 saturated heterocycles. The summed E-state index contributed by atoms with van der Waals surface area (Å²) >= 11 is 0. The smallest absolute Gasteiger partial charge is 0.267 e. The molecule has 0 spiro atoms. The van der Waals surface area contributed by atoms with Gasteiger partial charge in [-0.1, -0.05) is 36.1 Å². The second kappa shape index (κ2) is 15.4. The number of morpholine rings is 1. The van der Waals surface area contributed by atoms with E-state index in [2.05, 4.69) is 51.6 Å². The van der Waals surface area contributed by atoms with Gasteiger partial charge in [-0.15, -0.1) is 0 Å². The molecule has 1 aliphatic heterocycles. The van der Waals surface area contributed by atoms with E-state index in [1.54, 1.807) is 49.3 Å². The molecule has 206 valence electrons. The van der Waals surface area contributed by atoms with Gasteiger partial charge in [0.2, 0.25) is 5.91 Å². The first-order valence-corrected chi connectivity index (χ1v) is 12.7. The number of likely N-dealkylation sites (N-methyl/N-ethyl adjacent to an activating group) is 1. The fraction of sp³-hybridized carbons (Fsp3) is 0.345. The fourth-order valence-electron chi connectivity index (χ4n) is 3.81. The first kappa shape index (κ1) is 29.5. The first-order valence-electron chi connectivity index (χ1n) is 12.7. The standard InChI is InChI=1S/C29H35N5O5/c1-33(2)21-27(35)30-19-26(29(37)32-38)31-28(36)25-13-11-23(12-14-25)6-4-3-5-22-7-9-24(10-8-22)20-34-15-17-39-18-16-34/h3,5,7-14,26,38H,15-21H2,1-2H3,(H,30,35)(H,31,36)(H,32,37)/t26-/m0/s1. The Balaban J connectivity index is 1.51. The number of carbonyl (C=O) groups is 3. The number of amides is 3. The van der Waals surface area contributed by atoms with E-state index in [-0.39, 0.29) is 19.0 Å². The third-order valence-corrected chi connectivity index (χ3v) is 5.91. The molecule has 1 aliphatic rings. The van der Waals surface area contributed by atoms with Crippen molar-refractivity contribution < 1.29 is 24.3 Å². The Morgan fingerprint density at radius 2 is 1.77 bits per heavy atom. The summed E-state index contributed by atoms with van der Waals surface area (Å²) in [5.41, 5.74) is 4.86. The van der Waals surface area contributed by atoms with Crippen molar-refractivity contribution in [3.63, 3.8) is 0 Å². The molecule has 39 heavy (non-hydrogen) atoms. The van der Waals surface area contributed by atoms with Gasteiger partial charge in [0.25, 0.3) is 11.8 Å². The molecule has 1 fully saturated rings. The maximum absolute atomic E-state index is 12.6. The van der Waals surface area contributed by atoms with Crippen LogP contribution in [0.4, 0.5) is 0 Å².